The Labute approximate surface area is 143 Å². The number of carbonyl (C=O) groups is 1. The lowest BCUT2D eigenvalue weighted by atomic mass is 10.1. The van der Waals surface area contributed by atoms with E-state index < -0.39 is 17.6 Å². The molecule has 1 aliphatic heterocycles. The molecule has 0 aromatic heterocycles. The Morgan fingerprint density at radius 3 is 2.72 bits per heavy atom. The summed E-state index contributed by atoms with van der Waals surface area (Å²) in [6.45, 7) is 1.68. The molecule has 0 spiro atoms. The number of nitrogens with one attached hydrogen (secondary N) is 2. The molecule has 0 fully saturated rings. The first-order valence-corrected chi connectivity index (χ1v) is 7.80. The first kappa shape index (κ1) is 17.3. The highest BCUT2D eigenvalue weighted by atomic mass is 19.4. The number of hydrogen-bond acceptors (Lipinski definition) is 3. The van der Waals surface area contributed by atoms with Gasteiger partial charge in [0.05, 0.1) is 5.56 Å². The number of rotatable bonds is 5. The van der Waals surface area contributed by atoms with Gasteiger partial charge in [0.2, 0.25) is 0 Å². The van der Waals surface area contributed by atoms with Crippen molar-refractivity contribution in [3.63, 3.8) is 0 Å². The average Bonchev–Trinajstić information content (AvgIpc) is 3.05. The molecule has 0 saturated carbocycles. The fourth-order valence-corrected chi connectivity index (χ4v) is 2.62. The van der Waals surface area contributed by atoms with Crippen LogP contribution in [-0.4, -0.2) is 12.5 Å². The summed E-state index contributed by atoms with van der Waals surface area (Å²) in [6, 6.07) is 10.5. The van der Waals surface area contributed by atoms with E-state index >= 15 is 0 Å². The zero-order valence-corrected chi connectivity index (χ0v) is 13.3. The Balaban J connectivity index is 1.50. The zero-order valence-electron chi connectivity index (χ0n) is 13.3. The predicted molar refractivity (Wildman–Crippen MR) is 85.8 cm³/mol. The molecule has 2 N–H and O–H groups in total. The minimum absolute atomic E-state index is 0.00794. The SMILES string of the molecule is O=C(COc1cccc(C(F)(F)F)c1)NCc1ccc2c(c1)CNC2. The van der Waals surface area contributed by atoms with E-state index in [-0.39, 0.29) is 12.4 Å². The third-order valence-electron chi connectivity index (χ3n) is 3.92. The van der Waals surface area contributed by atoms with E-state index in [9.17, 15) is 18.0 Å². The van der Waals surface area contributed by atoms with E-state index in [0.717, 1.165) is 30.8 Å². The smallest absolute Gasteiger partial charge is 0.416 e. The first-order chi connectivity index (χ1) is 11.9. The second-order valence-electron chi connectivity index (χ2n) is 5.80. The third kappa shape index (κ3) is 4.51. The number of alkyl halides is 3. The minimum Gasteiger partial charge on any atom is -0.484 e. The lowest BCUT2D eigenvalue weighted by Crippen LogP contribution is -2.28. The second kappa shape index (κ2) is 7.14. The van der Waals surface area contributed by atoms with Crippen LogP contribution in [0.15, 0.2) is 42.5 Å². The van der Waals surface area contributed by atoms with E-state index in [1.54, 1.807) is 0 Å². The van der Waals surface area contributed by atoms with E-state index in [2.05, 4.69) is 10.6 Å². The molecule has 7 heteroatoms. The average molecular weight is 350 g/mol. The van der Waals surface area contributed by atoms with Gasteiger partial charge in [-0.2, -0.15) is 13.2 Å². The largest absolute Gasteiger partial charge is 0.484 e. The van der Waals surface area contributed by atoms with Gasteiger partial charge in [-0.1, -0.05) is 24.3 Å². The standard InChI is InChI=1S/C18H17F3N2O2/c19-18(20,21)15-2-1-3-16(7-15)25-11-17(24)23-8-12-4-5-13-9-22-10-14(13)6-12/h1-7,22H,8-11H2,(H,23,24). The minimum atomic E-state index is -4.44. The van der Waals surface area contributed by atoms with Crippen molar-refractivity contribution in [2.75, 3.05) is 6.61 Å². The molecule has 132 valence electrons. The lowest BCUT2D eigenvalue weighted by Gasteiger charge is -2.11. The fourth-order valence-electron chi connectivity index (χ4n) is 2.62. The molecule has 4 nitrogen and oxygen atoms in total. The van der Waals surface area contributed by atoms with Gasteiger partial charge < -0.3 is 15.4 Å². The molecule has 1 amide bonds. The van der Waals surface area contributed by atoms with Crippen molar-refractivity contribution in [3.05, 3.63) is 64.7 Å². The quantitative estimate of drug-likeness (QED) is 0.872. The van der Waals surface area contributed by atoms with E-state index in [0.29, 0.717) is 6.54 Å². The summed E-state index contributed by atoms with van der Waals surface area (Å²) in [5.74, 6) is -0.385. The summed E-state index contributed by atoms with van der Waals surface area (Å²) in [5.41, 5.74) is 2.63. The van der Waals surface area contributed by atoms with Crippen LogP contribution in [0.2, 0.25) is 0 Å². The summed E-state index contributed by atoms with van der Waals surface area (Å²) in [6.07, 6.45) is -4.44. The van der Waals surface area contributed by atoms with Crippen LogP contribution in [-0.2, 0) is 30.6 Å². The Kier molecular flexibility index (Phi) is 4.94. The molecule has 2 aromatic rings. The molecular weight excluding hydrogens is 333 g/mol. The molecule has 1 heterocycles. The number of ether oxygens (including phenoxy) is 1. The van der Waals surface area contributed by atoms with Gasteiger partial charge in [-0.3, -0.25) is 4.79 Å². The van der Waals surface area contributed by atoms with Gasteiger partial charge in [-0.25, -0.2) is 0 Å². The Hall–Kier alpha value is -2.54. The van der Waals surface area contributed by atoms with Gasteiger partial charge in [0.15, 0.2) is 6.61 Å². The summed E-state index contributed by atoms with van der Waals surface area (Å²) >= 11 is 0. The fraction of sp³-hybridized carbons (Fsp3) is 0.278. The molecule has 0 bridgehead atoms. The number of benzene rings is 2. The monoisotopic (exact) mass is 350 g/mol. The van der Waals surface area contributed by atoms with Gasteiger partial charge in [0, 0.05) is 19.6 Å². The second-order valence-corrected chi connectivity index (χ2v) is 5.80. The van der Waals surface area contributed by atoms with Gasteiger partial charge >= 0.3 is 6.18 Å². The number of hydrogen-bond donors (Lipinski definition) is 2. The van der Waals surface area contributed by atoms with Crippen molar-refractivity contribution in [2.45, 2.75) is 25.8 Å². The van der Waals surface area contributed by atoms with Crippen LogP contribution in [0, 0.1) is 0 Å². The highest BCUT2D eigenvalue weighted by Gasteiger charge is 2.30. The molecule has 3 rings (SSSR count). The highest BCUT2D eigenvalue weighted by Crippen LogP contribution is 2.31. The normalized spacial score (nSPS) is 13.4. The van der Waals surface area contributed by atoms with Crippen molar-refractivity contribution < 1.29 is 22.7 Å². The zero-order chi connectivity index (χ0) is 17.9. The van der Waals surface area contributed by atoms with Crippen LogP contribution in [0.5, 0.6) is 5.75 Å². The van der Waals surface area contributed by atoms with Gasteiger partial charge in [-0.05, 0) is 34.9 Å². The first-order valence-electron chi connectivity index (χ1n) is 7.80. The Morgan fingerprint density at radius 1 is 1.12 bits per heavy atom. The summed E-state index contributed by atoms with van der Waals surface area (Å²) in [7, 11) is 0. The van der Waals surface area contributed by atoms with E-state index in [1.807, 2.05) is 18.2 Å². The number of fused-ring (bicyclic) bond motifs is 1. The maximum Gasteiger partial charge on any atom is 0.416 e. The predicted octanol–water partition coefficient (Wildman–Crippen LogP) is 3.00. The lowest BCUT2D eigenvalue weighted by molar-refractivity contribution is -0.137. The Morgan fingerprint density at radius 2 is 1.92 bits per heavy atom. The van der Waals surface area contributed by atoms with Crippen molar-refractivity contribution in [2.24, 2.45) is 0 Å². The maximum absolute atomic E-state index is 12.6. The molecule has 0 saturated heterocycles. The molecule has 25 heavy (non-hydrogen) atoms. The third-order valence-corrected chi connectivity index (χ3v) is 3.92. The summed E-state index contributed by atoms with van der Waals surface area (Å²) in [5, 5.41) is 5.94. The van der Waals surface area contributed by atoms with Crippen molar-refractivity contribution in [1.29, 1.82) is 0 Å². The number of carbonyl (C=O) groups excluding carboxylic acids is 1. The van der Waals surface area contributed by atoms with Crippen LogP contribution >= 0.6 is 0 Å². The van der Waals surface area contributed by atoms with Crippen molar-refractivity contribution in [1.82, 2.24) is 10.6 Å². The van der Waals surface area contributed by atoms with Crippen molar-refractivity contribution >= 4 is 5.91 Å². The summed E-state index contributed by atoms with van der Waals surface area (Å²) in [4.78, 5) is 11.8. The highest BCUT2D eigenvalue weighted by molar-refractivity contribution is 5.77. The molecule has 0 unspecified atom stereocenters. The topological polar surface area (TPSA) is 50.4 Å². The van der Waals surface area contributed by atoms with Crippen LogP contribution in [0.1, 0.15) is 22.3 Å². The van der Waals surface area contributed by atoms with Gasteiger partial charge in [-0.15, -0.1) is 0 Å². The molecule has 0 radical (unpaired) electrons. The van der Waals surface area contributed by atoms with Crippen LogP contribution in [0.25, 0.3) is 0 Å². The van der Waals surface area contributed by atoms with Gasteiger partial charge in [0.1, 0.15) is 5.75 Å². The number of halogens is 3. The van der Waals surface area contributed by atoms with Crippen LogP contribution < -0.4 is 15.4 Å². The van der Waals surface area contributed by atoms with E-state index in [1.165, 1.54) is 23.3 Å². The molecule has 0 atom stereocenters. The van der Waals surface area contributed by atoms with Crippen molar-refractivity contribution in [3.8, 4) is 5.75 Å². The number of amides is 1. The molecule has 0 aliphatic carbocycles. The molecule has 2 aromatic carbocycles. The van der Waals surface area contributed by atoms with Crippen LogP contribution in [0.3, 0.4) is 0 Å². The Bertz CT molecular complexity index is 775. The van der Waals surface area contributed by atoms with Gasteiger partial charge in [0.25, 0.3) is 5.91 Å². The molecule has 1 aliphatic rings. The molecular formula is C18H17F3N2O2. The van der Waals surface area contributed by atoms with Crippen LogP contribution in [0.4, 0.5) is 13.2 Å². The summed E-state index contributed by atoms with van der Waals surface area (Å²) < 4.78 is 43.0. The maximum atomic E-state index is 12.6. The van der Waals surface area contributed by atoms with E-state index in [4.69, 9.17) is 4.74 Å².